The fraction of sp³-hybridized carbons (Fsp3) is 0.263. The number of halogens is 1. The van der Waals surface area contributed by atoms with Crippen molar-refractivity contribution in [3.63, 3.8) is 0 Å². The van der Waals surface area contributed by atoms with Crippen LogP contribution in [0.3, 0.4) is 0 Å². The summed E-state index contributed by atoms with van der Waals surface area (Å²) in [4.78, 5) is 24.8. The zero-order valence-corrected chi connectivity index (χ0v) is 16.2. The summed E-state index contributed by atoms with van der Waals surface area (Å²) >= 11 is 2.20. The molecule has 0 radical (unpaired) electrons. The first-order valence-corrected chi connectivity index (χ1v) is 8.84. The van der Waals surface area contributed by atoms with Crippen LogP contribution >= 0.6 is 22.6 Å². The maximum Gasteiger partial charge on any atom is 0.328 e. The topological polar surface area (TPSA) is 64.6 Å². The molecule has 1 N–H and O–H groups in total. The van der Waals surface area contributed by atoms with Crippen LogP contribution in [-0.4, -0.2) is 32.1 Å². The number of carbonyl (C=O) groups is 2. The van der Waals surface area contributed by atoms with Crippen molar-refractivity contribution >= 4 is 34.5 Å². The number of hydrogen-bond donors (Lipinski definition) is 1. The second-order valence-electron chi connectivity index (χ2n) is 5.41. The minimum Gasteiger partial charge on any atom is -0.467 e. The van der Waals surface area contributed by atoms with Crippen molar-refractivity contribution in [2.24, 2.45) is 0 Å². The summed E-state index contributed by atoms with van der Waals surface area (Å²) in [5.74, 6) is -0.869. The van der Waals surface area contributed by atoms with Crippen LogP contribution in [0.25, 0.3) is 0 Å². The standard InChI is InChI=1S/C19H20INO4/c1-24-17(13-8-4-3-5-9-13)18(22)21-16(19(23)25-2)12-14-10-6-7-11-15(14)20/h3-11,16-17H,12H2,1-2H3,(H,21,22)/t16-,17+/m1/s1. The molecule has 0 spiro atoms. The highest BCUT2D eigenvalue weighted by Gasteiger charge is 2.27. The number of ether oxygens (including phenoxy) is 2. The Bertz CT molecular complexity index is 720. The highest BCUT2D eigenvalue weighted by molar-refractivity contribution is 14.1. The average Bonchev–Trinajstić information content (AvgIpc) is 2.63. The molecule has 2 atom stereocenters. The summed E-state index contributed by atoms with van der Waals surface area (Å²) in [7, 11) is 2.77. The number of nitrogens with one attached hydrogen (secondary N) is 1. The summed E-state index contributed by atoms with van der Waals surface area (Å²) in [6.45, 7) is 0. The lowest BCUT2D eigenvalue weighted by atomic mass is 10.0. The number of amides is 1. The lowest BCUT2D eigenvalue weighted by molar-refractivity contribution is -0.146. The van der Waals surface area contributed by atoms with Gasteiger partial charge in [0.1, 0.15) is 6.04 Å². The third kappa shape index (κ3) is 5.27. The molecule has 5 nitrogen and oxygen atoms in total. The van der Waals surface area contributed by atoms with Crippen molar-refractivity contribution in [1.82, 2.24) is 5.32 Å². The van der Waals surface area contributed by atoms with Gasteiger partial charge in [-0.05, 0) is 39.8 Å². The van der Waals surface area contributed by atoms with Gasteiger partial charge in [-0.1, -0.05) is 48.5 Å². The van der Waals surface area contributed by atoms with Crippen molar-refractivity contribution in [2.75, 3.05) is 14.2 Å². The molecule has 25 heavy (non-hydrogen) atoms. The minimum absolute atomic E-state index is 0.350. The van der Waals surface area contributed by atoms with Crippen LogP contribution in [0.5, 0.6) is 0 Å². The van der Waals surface area contributed by atoms with Crippen molar-refractivity contribution in [3.8, 4) is 0 Å². The molecular formula is C19H20INO4. The van der Waals surface area contributed by atoms with E-state index in [1.807, 2.05) is 42.5 Å². The molecule has 6 heteroatoms. The first kappa shape index (κ1) is 19.4. The van der Waals surface area contributed by atoms with Crippen molar-refractivity contribution in [1.29, 1.82) is 0 Å². The monoisotopic (exact) mass is 453 g/mol. The van der Waals surface area contributed by atoms with Crippen LogP contribution in [0.1, 0.15) is 17.2 Å². The van der Waals surface area contributed by atoms with Gasteiger partial charge in [-0.2, -0.15) is 0 Å². The van der Waals surface area contributed by atoms with Crippen LogP contribution in [0.4, 0.5) is 0 Å². The average molecular weight is 453 g/mol. The predicted octanol–water partition coefficient (Wildman–Crippen LogP) is 2.88. The molecule has 0 fully saturated rings. The molecular weight excluding hydrogens is 433 g/mol. The Labute approximate surface area is 160 Å². The highest BCUT2D eigenvalue weighted by Crippen LogP contribution is 2.18. The molecule has 132 valence electrons. The molecule has 0 aliphatic carbocycles. The van der Waals surface area contributed by atoms with Gasteiger partial charge in [0.25, 0.3) is 5.91 Å². The highest BCUT2D eigenvalue weighted by atomic mass is 127. The summed E-state index contributed by atoms with van der Waals surface area (Å²) in [6.07, 6.45) is -0.439. The Hall–Kier alpha value is -1.93. The van der Waals surface area contributed by atoms with Crippen molar-refractivity contribution < 1.29 is 19.1 Å². The first-order valence-electron chi connectivity index (χ1n) is 7.76. The molecule has 0 aliphatic rings. The molecule has 0 aromatic heterocycles. The van der Waals surface area contributed by atoms with Crippen LogP contribution in [0.15, 0.2) is 54.6 Å². The molecule has 0 aliphatic heterocycles. The fourth-order valence-electron chi connectivity index (χ4n) is 2.49. The molecule has 0 saturated carbocycles. The van der Waals surface area contributed by atoms with Gasteiger partial charge in [-0.3, -0.25) is 4.79 Å². The van der Waals surface area contributed by atoms with E-state index in [1.54, 1.807) is 12.1 Å². The van der Waals surface area contributed by atoms with Gasteiger partial charge in [0.05, 0.1) is 7.11 Å². The van der Waals surface area contributed by atoms with Gasteiger partial charge < -0.3 is 14.8 Å². The minimum atomic E-state index is -0.789. The number of benzene rings is 2. The summed E-state index contributed by atoms with van der Waals surface area (Å²) in [5.41, 5.74) is 1.69. The van der Waals surface area contributed by atoms with Gasteiger partial charge in [-0.15, -0.1) is 0 Å². The van der Waals surface area contributed by atoms with Crippen LogP contribution in [-0.2, 0) is 25.5 Å². The van der Waals surface area contributed by atoms with E-state index in [0.717, 1.165) is 14.7 Å². The lowest BCUT2D eigenvalue weighted by Gasteiger charge is -2.21. The molecule has 0 saturated heterocycles. The third-order valence-electron chi connectivity index (χ3n) is 3.76. The normalized spacial score (nSPS) is 12.9. The van der Waals surface area contributed by atoms with E-state index in [4.69, 9.17) is 9.47 Å². The second-order valence-corrected chi connectivity index (χ2v) is 6.57. The fourth-order valence-corrected chi connectivity index (χ4v) is 3.10. The number of rotatable bonds is 7. The van der Waals surface area contributed by atoms with E-state index >= 15 is 0 Å². The predicted molar refractivity (Wildman–Crippen MR) is 103 cm³/mol. The Balaban J connectivity index is 2.17. The molecule has 2 aromatic carbocycles. The number of hydrogen-bond acceptors (Lipinski definition) is 4. The van der Waals surface area contributed by atoms with Gasteiger partial charge >= 0.3 is 5.97 Å². The van der Waals surface area contributed by atoms with Gasteiger partial charge in [0, 0.05) is 17.1 Å². The van der Waals surface area contributed by atoms with Crippen molar-refractivity contribution in [3.05, 3.63) is 69.3 Å². The van der Waals surface area contributed by atoms with Gasteiger partial charge in [0.15, 0.2) is 6.10 Å². The summed E-state index contributed by atoms with van der Waals surface area (Å²) < 4.78 is 11.2. The molecule has 0 unspecified atom stereocenters. The Morgan fingerprint density at radius 2 is 1.68 bits per heavy atom. The maximum absolute atomic E-state index is 12.6. The van der Waals surface area contributed by atoms with E-state index in [1.165, 1.54) is 14.2 Å². The zero-order chi connectivity index (χ0) is 18.2. The molecule has 1 amide bonds. The van der Waals surface area contributed by atoms with Crippen LogP contribution in [0, 0.1) is 3.57 Å². The van der Waals surface area contributed by atoms with E-state index in [-0.39, 0.29) is 5.91 Å². The molecule has 0 heterocycles. The first-order chi connectivity index (χ1) is 12.1. The quantitative estimate of drug-likeness (QED) is 0.518. The lowest BCUT2D eigenvalue weighted by Crippen LogP contribution is -2.45. The van der Waals surface area contributed by atoms with E-state index in [2.05, 4.69) is 27.9 Å². The maximum atomic E-state index is 12.6. The van der Waals surface area contributed by atoms with Crippen LogP contribution < -0.4 is 5.32 Å². The summed E-state index contributed by atoms with van der Waals surface area (Å²) in [5, 5.41) is 2.75. The zero-order valence-electron chi connectivity index (χ0n) is 14.1. The largest absolute Gasteiger partial charge is 0.467 e. The number of esters is 1. The Kier molecular flexibility index (Phi) is 7.39. The smallest absolute Gasteiger partial charge is 0.328 e. The third-order valence-corrected chi connectivity index (χ3v) is 4.81. The van der Waals surface area contributed by atoms with Gasteiger partial charge in [-0.25, -0.2) is 4.79 Å². The molecule has 2 aromatic rings. The van der Waals surface area contributed by atoms with Crippen molar-refractivity contribution in [2.45, 2.75) is 18.6 Å². The van der Waals surface area contributed by atoms with E-state index in [9.17, 15) is 9.59 Å². The van der Waals surface area contributed by atoms with E-state index < -0.39 is 18.1 Å². The Morgan fingerprint density at radius 1 is 1.04 bits per heavy atom. The number of methoxy groups -OCH3 is 2. The second kappa shape index (κ2) is 9.53. The Morgan fingerprint density at radius 3 is 2.28 bits per heavy atom. The SMILES string of the molecule is COC(=O)[C@@H](Cc1ccccc1I)NC(=O)[C@@H](OC)c1ccccc1. The van der Waals surface area contributed by atoms with E-state index in [0.29, 0.717) is 6.42 Å². The number of carbonyl (C=O) groups excluding carboxylic acids is 2. The molecule has 2 rings (SSSR count). The van der Waals surface area contributed by atoms with Crippen LogP contribution in [0.2, 0.25) is 0 Å². The van der Waals surface area contributed by atoms with Gasteiger partial charge in [0.2, 0.25) is 0 Å². The molecule has 0 bridgehead atoms. The summed E-state index contributed by atoms with van der Waals surface area (Å²) in [6, 6.07) is 16.1.